The molecule has 0 bridgehead atoms. The minimum absolute atomic E-state index is 0.212. The lowest BCUT2D eigenvalue weighted by atomic mass is 10.2. The van der Waals surface area contributed by atoms with Crippen LogP contribution in [0.4, 0.5) is 5.69 Å². The summed E-state index contributed by atoms with van der Waals surface area (Å²) in [6, 6.07) is 22.4. The summed E-state index contributed by atoms with van der Waals surface area (Å²) in [4.78, 5) is 29.5. The molecule has 1 amide bonds. The zero-order valence-corrected chi connectivity index (χ0v) is 16.5. The molecule has 3 aromatic carbocycles. The molecule has 0 spiro atoms. The normalized spacial score (nSPS) is 11.1. The second-order valence-electron chi connectivity index (χ2n) is 6.68. The fourth-order valence-corrected chi connectivity index (χ4v) is 4.13. The van der Waals surface area contributed by atoms with E-state index in [9.17, 15) is 9.59 Å². The van der Waals surface area contributed by atoms with Crippen LogP contribution in [0.2, 0.25) is 0 Å². The highest BCUT2D eigenvalue weighted by molar-refractivity contribution is 7.21. The first kappa shape index (κ1) is 18.1. The van der Waals surface area contributed by atoms with Gasteiger partial charge in [0.25, 0.3) is 5.56 Å². The van der Waals surface area contributed by atoms with Crippen LogP contribution in [0.5, 0.6) is 0 Å². The number of thiazole rings is 1. The fourth-order valence-electron chi connectivity index (χ4n) is 3.16. The molecule has 0 aliphatic carbocycles. The lowest BCUT2D eigenvalue weighted by molar-refractivity contribution is -0.117. The maximum absolute atomic E-state index is 12.5. The standard InChI is InChI=1S/C22H15N5O2S/c28-20(13-27-22(29)16-5-1-2-6-17(16)25-26-27)23-15-11-9-14(10-12-15)21-24-18-7-3-4-8-19(18)30-21/h1-12H,13H2,(H,23,28). The lowest BCUT2D eigenvalue weighted by Crippen LogP contribution is -2.30. The van der Waals surface area contributed by atoms with Gasteiger partial charge in [0.15, 0.2) is 0 Å². The SMILES string of the molecule is O=C(Cn1nnc2ccccc2c1=O)Nc1ccc(-c2nc3ccccc3s2)cc1. The summed E-state index contributed by atoms with van der Waals surface area (Å²) in [6.45, 7) is -0.212. The number of aromatic nitrogens is 4. The number of carbonyl (C=O) groups excluding carboxylic acids is 1. The van der Waals surface area contributed by atoms with Crippen LogP contribution in [-0.4, -0.2) is 25.9 Å². The highest BCUT2D eigenvalue weighted by Crippen LogP contribution is 2.30. The maximum Gasteiger partial charge on any atom is 0.278 e. The number of fused-ring (bicyclic) bond motifs is 2. The highest BCUT2D eigenvalue weighted by atomic mass is 32.1. The Morgan fingerprint density at radius 1 is 0.933 bits per heavy atom. The second-order valence-corrected chi connectivity index (χ2v) is 7.71. The van der Waals surface area contributed by atoms with Crippen LogP contribution >= 0.6 is 11.3 Å². The van der Waals surface area contributed by atoms with Gasteiger partial charge in [-0.05, 0) is 48.5 Å². The molecular formula is C22H15N5O2S. The molecule has 7 nitrogen and oxygen atoms in total. The van der Waals surface area contributed by atoms with Gasteiger partial charge in [-0.1, -0.05) is 29.5 Å². The minimum Gasteiger partial charge on any atom is -0.324 e. The molecule has 5 rings (SSSR count). The molecule has 0 fully saturated rings. The molecule has 2 aromatic heterocycles. The second kappa shape index (κ2) is 7.49. The first-order chi connectivity index (χ1) is 14.7. The summed E-state index contributed by atoms with van der Waals surface area (Å²) in [5.74, 6) is -0.352. The minimum atomic E-state index is -0.352. The van der Waals surface area contributed by atoms with Crippen molar-refractivity contribution in [2.24, 2.45) is 0 Å². The molecule has 8 heteroatoms. The molecular weight excluding hydrogens is 398 g/mol. The van der Waals surface area contributed by atoms with Gasteiger partial charge in [0, 0.05) is 11.3 Å². The maximum atomic E-state index is 12.5. The Hall–Kier alpha value is -3.91. The van der Waals surface area contributed by atoms with Crippen molar-refractivity contribution in [3.8, 4) is 10.6 Å². The van der Waals surface area contributed by atoms with E-state index in [0.29, 0.717) is 16.6 Å². The van der Waals surface area contributed by atoms with E-state index < -0.39 is 0 Å². The molecule has 0 unspecified atom stereocenters. The van der Waals surface area contributed by atoms with Crippen LogP contribution in [-0.2, 0) is 11.3 Å². The predicted octanol–water partition coefficient (Wildman–Crippen LogP) is 3.71. The van der Waals surface area contributed by atoms with Gasteiger partial charge in [0.05, 0.1) is 15.6 Å². The summed E-state index contributed by atoms with van der Waals surface area (Å²) in [6.07, 6.45) is 0. The quantitative estimate of drug-likeness (QED) is 0.485. The Morgan fingerprint density at radius 2 is 1.67 bits per heavy atom. The third-order valence-electron chi connectivity index (χ3n) is 4.63. The summed E-state index contributed by atoms with van der Waals surface area (Å²) < 4.78 is 2.19. The van der Waals surface area contributed by atoms with Gasteiger partial charge in [-0.15, -0.1) is 16.4 Å². The van der Waals surface area contributed by atoms with Gasteiger partial charge in [-0.25, -0.2) is 9.67 Å². The summed E-state index contributed by atoms with van der Waals surface area (Å²) in [7, 11) is 0. The number of nitrogens with one attached hydrogen (secondary N) is 1. The van der Waals surface area contributed by atoms with E-state index in [4.69, 9.17) is 0 Å². The zero-order valence-electron chi connectivity index (χ0n) is 15.6. The van der Waals surface area contributed by atoms with Crippen molar-refractivity contribution >= 4 is 44.1 Å². The Labute approximate surface area is 174 Å². The molecule has 0 saturated carbocycles. The number of rotatable bonds is 4. The first-order valence-corrected chi connectivity index (χ1v) is 10.1. The topological polar surface area (TPSA) is 89.8 Å². The monoisotopic (exact) mass is 413 g/mol. The van der Waals surface area contributed by atoms with Gasteiger partial charge in [-0.3, -0.25) is 9.59 Å². The fraction of sp³-hybridized carbons (Fsp3) is 0.0455. The van der Waals surface area contributed by atoms with Crippen LogP contribution in [0.3, 0.4) is 0 Å². The van der Waals surface area contributed by atoms with Crippen LogP contribution in [0.25, 0.3) is 31.7 Å². The van der Waals surface area contributed by atoms with Gasteiger partial charge in [0.1, 0.15) is 17.1 Å². The molecule has 0 aliphatic heterocycles. The van der Waals surface area contributed by atoms with Crippen molar-refractivity contribution in [3.05, 3.63) is 83.2 Å². The van der Waals surface area contributed by atoms with Gasteiger partial charge in [0.2, 0.25) is 5.91 Å². The average Bonchev–Trinajstić information content (AvgIpc) is 3.21. The third-order valence-corrected chi connectivity index (χ3v) is 5.72. The van der Waals surface area contributed by atoms with E-state index in [1.165, 1.54) is 0 Å². The number of anilines is 1. The summed E-state index contributed by atoms with van der Waals surface area (Å²) >= 11 is 1.62. The van der Waals surface area contributed by atoms with Crippen molar-refractivity contribution in [2.75, 3.05) is 5.32 Å². The van der Waals surface area contributed by atoms with Crippen LogP contribution in [0.1, 0.15) is 0 Å². The van der Waals surface area contributed by atoms with E-state index in [0.717, 1.165) is 25.5 Å². The molecule has 146 valence electrons. The highest BCUT2D eigenvalue weighted by Gasteiger charge is 2.10. The number of nitrogens with zero attached hydrogens (tertiary/aromatic N) is 4. The lowest BCUT2D eigenvalue weighted by Gasteiger charge is -2.07. The van der Waals surface area contributed by atoms with Gasteiger partial charge >= 0.3 is 0 Å². The zero-order chi connectivity index (χ0) is 20.5. The third kappa shape index (κ3) is 3.44. The van der Waals surface area contributed by atoms with E-state index in [1.807, 2.05) is 48.5 Å². The van der Waals surface area contributed by atoms with Gasteiger partial charge in [-0.2, -0.15) is 0 Å². The Bertz CT molecular complexity index is 1410. The molecule has 2 heterocycles. The molecule has 1 N–H and O–H groups in total. The molecule has 0 saturated heterocycles. The number of carbonyl (C=O) groups is 1. The number of hydrogen-bond acceptors (Lipinski definition) is 6. The smallest absolute Gasteiger partial charge is 0.278 e. The predicted molar refractivity (Wildman–Crippen MR) is 117 cm³/mol. The van der Waals surface area contributed by atoms with Gasteiger partial charge < -0.3 is 5.32 Å². The van der Waals surface area contributed by atoms with Crippen LogP contribution in [0.15, 0.2) is 77.6 Å². The van der Waals surface area contributed by atoms with Crippen LogP contribution < -0.4 is 10.9 Å². The first-order valence-electron chi connectivity index (χ1n) is 9.26. The summed E-state index contributed by atoms with van der Waals surface area (Å²) in [5.41, 5.74) is 2.74. The van der Waals surface area contributed by atoms with Crippen molar-refractivity contribution < 1.29 is 4.79 Å². The molecule has 0 radical (unpaired) electrons. The number of para-hydroxylation sites is 1. The Kier molecular flexibility index (Phi) is 4.53. The summed E-state index contributed by atoms with van der Waals surface area (Å²) in [5, 5.41) is 12.0. The molecule has 5 aromatic rings. The van der Waals surface area contributed by atoms with Crippen molar-refractivity contribution in [1.82, 2.24) is 20.0 Å². The Balaban J connectivity index is 1.32. The van der Waals surface area contributed by atoms with Crippen molar-refractivity contribution in [2.45, 2.75) is 6.54 Å². The number of benzene rings is 3. The van der Waals surface area contributed by atoms with Crippen molar-refractivity contribution in [1.29, 1.82) is 0 Å². The van der Waals surface area contributed by atoms with E-state index >= 15 is 0 Å². The van der Waals surface area contributed by atoms with E-state index in [-0.39, 0.29) is 18.0 Å². The van der Waals surface area contributed by atoms with E-state index in [2.05, 4.69) is 20.6 Å². The molecule has 0 atom stereocenters. The largest absolute Gasteiger partial charge is 0.324 e. The van der Waals surface area contributed by atoms with Crippen molar-refractivity contribution in [3.63, 3.8) is 0 Å². The van der Waals surface area contributed by atoms with Crippen LogP contribution in [0, 0.1) is 0 Å². The average molecular weight is 413 g/mol. The molecule has 0 aliphatic rings. The Morgan fingerprint density at radius 3 is 2.47 bits per heavy atom. The molecule has 30 heavy (non-hydrogen) atoms. The number of hydrogen-bond donors (Lipinski definition) is 1. The number of amides is 1. The van der Waals surface area contributed by atoms with E-state index in [1.54, 1.807) is 35.6 Å².